The number of aromatic nitrogens is 1. The molecule has 0 radical (unpaired) electrons. The lowest BCUT2D eigenvalue weighted by atomic mass is 9.93. The molecule has 1 saturated heterocycles. The van der Waals surface area contributed by atoms with Crippen molar-refractivity contribution in [2.24, 2.45) is 5.92 Å². The third-order valence-electron chi connectivity index (χ3n) is 5.92. The van der Waals surface area contributed by atoms with Crippen LogP contribution in [0.4, 0.5) is 5.69 Å². The number of nitrogens with zero attached hydrogens (tertiary/aromatic N) is 2. The summed E-state index contributed by atoms with van der Waals surface area (Å²) in [5, 5.41) is 4.54. The lowest BCUT2D eigenvalue weighted by molar-refractivity contribution is 0.162. The van der Waals surface area contributed by atoms with Gasteiger partial charge in [0.1, 0.15) is 4.90 Å². The maximum atomic E-state index is 12.6. The van der Waals surface area contributed by atoms with Crippen molar-refractivity contribution in [2.45, 2.75) is 30.4 Å². The van der Waals surface area contributed by atoms with Gasteiger partial charge in [0.15, 0.2) is 0 Å². The van der Waals surface area contributed by atoms with Gasteiger partial charge in [0, 0.05) is 11.9 Å². The molecular formula is C22H24N4O2S. The average molecular weight is 409 g/mol. The lowest BCUT2D eigenvalue weighted by Crippen LogP contribution is -2.51. The zero-order valence-corrected chi connectivity index (χ0v) is 16.9. The molecule has 7 heteroatoms. The number of rotatable bonds is 3. The third-order valence-corrected chi connectivity index (χ3v) is 7.41. The first-order valence-electron chi connectivity index (χ1n) is 10.0. The number of para-hydroxylation sites is 2. The van der Waals surface area contributed by atoms with E-state index in [1.165, 1.54) is 0 Å². The summed E-state index contributed by atoms with van der Waals surface area (Å²) in [5.41, 5.74) is 2.80. The highest BCUT2D eigenvalue weighted by molar-refractivity contribution is 7.89. The minimum atomic E-state index is -3.46. The number of hydrogen-bond acceptors (Lipinski definition) is 5. The second-order valence-corrected chi connectivity index (χ2v) is 9.53. The second kappa shape index (κ2) is 7.40. The lowest BCUT2D eigenvalue weighted by Gasteiger charge is -2.38. The molecule has 0 unspecified atom stereocenters. The zero-order valence-electron chi connectivity index (χ0n) is 16.1. The predicted molar refractivity (Wildman–Crippen MR) is 114 cm³/mol. The Labute approximate surface area is 171 Å². The Morgan fingerprint density at radius 1 is 0.966 bits per heavy atom. The summed E-state index contributed by atoms with van der Waals surface area (Å²) in [6, 6.07) is 19.5. The first-order valence-corrected chi connectivity index (χ1v) is 11.5. The van der Waals surface area contributed by atoms with Gasteiger partial charge in [-0.25, -0.2) is 8.42 Å². The van der Waals surface area contributed by atoms with Crippen LogP contribution in [0.5, 0.6) is 0 Å². The Hall–Kier alpha value is -2.48. The molecule has 3 aromatic rings. The normalized spacial score (nSPS) is 22.1. The molecule has 2 aliphatic rings. The number of fused-ring (bicyclic) bond motifs is 2. The molecule has 5 rings (SSSR count). The summed E-state index contributed by atoms with van der Waals surface area (Å²) >= 11 is 0. The summed E-state index contributed by atoms with van der Waals surface area (Å²) in [5.74, 6) is 0.263. The molecule has 0 amide bonds. The summed E-state index contributed by atoms with van der Waals surface area (Å²) < 4.78 is 28.0. The van der Waals surface area contributed by atoms with Gasteiger partial charge in [-0.15, -0.1) is 0 Å². The van der Waals surface area contributed by atoms with Gasteiger partial charge in [-0.1, -0.05) is 36.4 Å². The highest BCUT2D eigenvalue weighted by Crippen LogP contribution is 2.31. The molecule has 1 atom stereocenters. The van der Waals surface area contributed by atoms with Crippen LogP contribution in [0.2, 0.25) is 0 Å². The van der Waals surface area contributed by atoms with Crippen LogP contribution in [0.1, 0.15) is 18.5 Å². The number of pyridine rings is 1. The molecule has 1 fully saturated rings. The standard InChI is InChI=1S/C22H24N4O2S/c27-29(28)21-8-4-3-7-20(21)24-22(25-29)17-11-13-26(14-12-17)15-18-10-9-16-5-1-2-6-19(16)23-18/h1-10,17,22,24-25H,11-15H2/t22-/m1/s1. The second-order valence-electron chi connectivity index (χ2n) is 7.85. The highest BCUT2D eigenvalue weighted by Gasteiger charge is 2.35. The Morgan fingerprint density at radius 2 is 1.72 bits per heavy atom. The molecule has 6 nitrogen and oxygen atoms in total. The van der Waals surface area contributed by atoms with Crippen LogP contribution in [-0.4, -0.2) is 37.6 Å². The number of likely N-dealkylation sites (tertiary alicyclic amines) is 1. The molecule has 0 spiro atoms. The first-order chi connectivity index (χ1) is 14.1. The summed E-state index contributed by atoms with van der Waals surface area (Å²) in [6.07, 6.45) is 1.63. The van der Waals surface area contributed by atoms with Crippen LogP contribution in [0.25, 0.3) is 10.9 Å². The van der Waals surface area contributed by atoms with E-state index >= 15 is 0 Å². The molecule has 2 N–H and O–H groups in total. The van der Waals surface area contributed by atoms with Crippen LogP contribution < -0.4 is 10.0 Å². The molecular weight excluding hydrogens is 384 g/mol. The van der Waals surface area contributed by atoms with Crippen molar-refractivity contribution in [1.29, 1.82) is 0 Å². The molecule has 2 aliphatic heterocycles. The number of benzene rings is 2. The van der Waals surface area contributed by atoms with E-state index in [4.69, 9.17) is 4.98 Å². The molecule has 1 aromatic heterocycles. The predicted octanol–water partition coefficient (Wildman–Crippen LogP) is 3.18. The van der Waals surface area contributed by atoms with Crippen LogP contribution >= 0.6 is 0 Å². The fourth-order valence-corrected chi connectivity index (χ4v) is 5.72. The van der Waals surface area contributed by atoms with Crippen molar-refractivity contribution in [1.82, 2.24) is 14.6 Å². The smallest absolute Gasteiger partial charge is 0.244 e. The van der Waals surface area contributed by atoms with Crippen LogP contribution in [-0.2, 0) is 16.6 Å². The average Bonchev–Trinajstić information content (AvgIpc) is 2.74. The van der Waals surface area contributed by atoms with Crippen molar-refractivity contribution in [3.05, 3.63) is 66.4 Å². The van der Waals surface area contributed by atoms with E-state index in [1.54, 1.807) is 12.1 Å². The monoisotopic (exact) mass is 408 g/mol. The van der Waals surface area contributed by atoms with E-state index in [0.29, 0.717) is 10.6 Å². The fraction of sp³-hybridized carbons (Fsp3) is 0.318. The minimum absolute atomic E-state index is 0.254. The van der Waals surface area contributed by atoms with E-state index < -0.39 is 10.0 Å². The summed E-state index contributed by atoms with van der Waals surface area (Å²) in [4.78, 5) is 7.51. The minimum Gasteiger partial charge on any atom is -0.368 e. The quantitative estimate of drug-likeness (QED) is 0.696. The number of piperidine rings is 1. The zero-order chi connectivity index (χ0) is 19.8. The number of sulfonamides is 1. The topological polar surface area (TPSA) is 74.3 Å². The first kappa shape index (κ1) is 18.5. The van der Waals surface area contributed by atoms with Crippen LogP contribution in [0.3, 0.4) is 0 Å². The van der Waals surface area contributed by atoms with Gasteiger partial charge in [-0.2, -0.15) is 4.72 Å². The summed E-state index contributed by atoms with van der Waals surface area (Å²) in [6.45, 7) is 2.69. The van der Waals surface area contributed by atoms with E-state index in [2.05, 4.69) is 33.1 Å². The SMILES string of the molecule is O=S1(=O)N[C@H](C2CCN(Cc3ccc4ccccc4n3)CC2)Nc2ccccc21. The number of hydrogen-bond donors (Lipinski definition) is 2. The molecule has 0 saturated carbocycles. The van der Waals surface area contributed by atoms with Crippen molar-refractivity contribution >= 4 is 26.6 Å². The van der Waals surface area contributed by atoms with E-state index in [1.807, 2.05) is 30.3 Å². The summed E-state index contributed by atoms with van der Waals surface area (Å²) in [7, 11) is -3.46. The highest BCUT2D eigenvalue weighted by atomic mass is 32.2. The maximum Gasteiger partial charge on any atom is 0.244 e. The van der Waals surface area contributed by atoms with E-state index in [9.17, 15) is 8.42 Å². The number of anilines is 1. The Kier molecular flexibility index (Phi) is 4.73. The van der Waals surface area contributed by atoms with Gasteiger partial charge in [-0.05, 0) is 56.1 Å². The van der Waals surface area contributed by atoms with Crippen molar-refractivity contribution in [3.63, 3.8) is 0 Å². The van der Waals surface area contributed by atoms with Gasteiger partial charge >= 0.3 is 0 Å². The fourth-order valence-electron chi connectivity index (χ4n) is 4.33. The van der Waals surface area contributed by atoms with E-state index in [-0.39, 0.29) is 12.1 Å². The van der Waals surface area contributed by atoms with Crippen molar-refractivity contribution in [3.8, 4) is 0 Å². The van der Waals surface area contributed by atoms with Crippen LogP contribution in [0.15, 0.2) is 65.6 Å². The molecule has 0 bridgehead atoms. The van der Waals surface area contributed by atoms with Crippen molar-refractivity contribution in [2.75, 3.05) is 18.4 Å². The number of nitrogens with one attached hydrogen (secondary N) is 2. The Bertz CT molecular complexity index is 1140. The molecule has 29 heavy (non-hydrogen) atoms. The van der Waals surface area contributed by atoms with Gasteiger partial charge in [0.05, 0.1) is 23.1 Å². The Morgan fingerprint density at radius 3 is 2.59 bits per heavy atom. The third kappa shape index (κ3) is 3.73. The molecule has 150 valence electrons. The van der Waals surface area contributed by atoms with Gasteiger partial charge in [-0.3, -0.25) is 9.88 Å². The molecule has 3 heterocycles. The molecule has 2 aromatic carbocycles. The largest absolute Gasteiger partial charge is 0.368 e. The molecule has 0 aliphatic carbocycles. The van der Waals surface area contributed by atoms with E-state index in [0.717, 1.165) is 49.1 Å². The van der Waals surface area contributed by atoms with Crippen LogP contribution in [0, 0.1) is 5.92 Å². The van der Waals surface area contributed by atoms with Gasteiger partial charge in [0.2, 0.25) is 10.0 Å². The maximum absolute atomic E-state index is 12.6. The Balaban J connectivity index is 1.24. The van der Waals surface area contributed by atoms with Gasteiger partial charge in [0.25, 0.3) is 0 Å². The van der Waals surface area contributed by atoms with Crippen molar-refractivity contribution < 1.29 is 8.42 Å². The van der Waals surface area contributed by atoms with Gasteiger partial charge < -0.3 is 5.32 Å².